The van der Waals surface area contributed by atoms with Gasteiger partial charge < -0.3 is 9.80 Å². The Kier molecular flexibility index (Phi) is 4.58. The third-order valence-corrected chi connectivity index (χ3v) is 5.62. The molecule has 1 fully saturated rings. The molecule has 0 bridgehead atoms. The van der Waals surface area contributed by atoms with Crippen LogP contribution in [-0.4, -0.2) is 42.4 Å². The first kappa shape index (κ1) is 16.3. The van der Waals surface area contributed by atoms with Crippen LogP contribution in [0.4, 0.5) is 0 Å². The summed E-state index contributed by atoms with van der Waals surface area (Å²) >= 11 is 0. The highest BCUT2D eigenvalue weighted by molar-refractivity contribution is 5.95. The summed E-state index contributed by atoms with van der Waals surface area (Å²) in [6, 6.07) is 16.9. The summed E-state index contributed by atoms with van der Waals surface area (Å²) in [5.41, 5.74) is 4.88. The van der Waals surface area contributed by atoms with Crippen LogP contribution in [-0.2, 0) is 12.8 Å². The molecule has 130 valence electrons. The van der Waals surface area contributed by atoms with Crippen molar-refractivity contribution in [3.63, 3.8) is 0 Å². The molecule has 3 heteroatoms. The highest BCUT2D eigenvalue weighted by atomic mass is 16.2. The van der Waals surface area contributed by atoms with E-state index in [0.29, 0.717) is 0 Å². The maximum absolute atomic E-state index is 13.3. The van der Waals surface area contributed by atoms with Crippen molar-refractivity contribution in [2.24, 2.45) is 0 Å². The highest BCUT2D eigenvalue weighted by Crippen LogP contribution is 2.28. The van der Waals surface area contributed by atoms with E-state index in [4.69, 9.17) is 0 Å². The van der Waals surface area contributed by atoms with E-state index in [1.165, 1.54) is 29.5 Å². The van der Waals surface area contributed by atoms with Crippen molar-refractivity contribution in [2.45, 2.75) is 31.7 Å². The highest BCUT2D eigenvalue weighted by Gasteiger charge is 2.31. The van der Waals surface area contributed by atoms with Gasteiger partial charge in [0.15, 0.2) is 0 Å². The Bertz CT molecular complexity index is 756. The summed E-state index contributed by atoms with van der Waals surface area (Å²) in [5, 5.41) is 0. The maximum atomic E-state index is 13.3. The van der Waals surface area contributed by atoms with Gasteiger partial charge in [-0.2, -0.15) is 0 Å². The van der Waals surface area contributed by atoms with Crippen molar-refractivity contribution < 1.29 is 4.79 Å². The molecular formula is C22H26N2O. The number of carbonyl (C=O) groups is 1. The second kappa shape index (κ2) is 7.01. The van der Waals surface area contributed by atoms with Crippen LogP contribution in [0.25, 0.3) is 0 Å². The molecular weight excluding hydrogens is 308 g/mol. The fourth-order valence-electron chi connectivity index (χ4n) is 4.16. The Morgan fingerprint density at radius 2 is 1.72 bits per heavy atom. The van der Waals surface area contributed by atoms with Crippen molar-refractivity contribution in [3.05, 3.63) is 70.8 Å². The second-order valence-electron chi connectivity index (χ2n) is 7.38. The van der Waals surface area contributed by atoms with Crippen LogP contribution in [0.5, 0.6) is 0 Å². The van der Waals surface area contributed by atoms with E-state index in [1.807, 2.05) is 12.1 Å². The van der Waals surface area contributed by atoms with E-state index in [2.05, 4.69) is 53.2 Å². The van der Waals surface area contributed by atoms with Crippen LogP contribution in [0, 0.1) is 0 Å². The number of hydrogen-bond donors (Lipinski definition) is 0. The molecule has 1 amide bonds. The fraction of sp³-hybridized carbons (Fsp3) is 0.409. The quantitative estimate of drug-likeness (QED) is 0.836. The molecule has 1 aliphatic carbocycles. The van der Waals surface area contributed by atoms with Gasteiger partial charge in [-0.15, -0.1) is 0 Å². The van der Waals surface area contributed by atoms with Crippen molar-refractivity contribution in [1.29, 1.82) is 0 Å². The molecule has 2 aromatic rings. The molecule has 1 aliphatic heterocycles. The molecule has 0 saturated carbocycles. The molecule has 1 saturated heterocycles. The molecule has 0 aromatic heterocycles. The minimum absolute atomic E-state index is 0.128. The van der Waals surface area contributed by atoms with E-state index < -0.39 is 0 Å². The normalized spacial score (nSPS) is 21.0. The number of amides is 1. The summed E-state index contributed by atoms with van der Waals surface area (Å²) in [5.74, 6) is 0.176. The van der Waals surface area contributed by atoms with Crippen molar-refractivity contribution in [3.8, 4) is 0 Å². The van der Waals surface area contributed by atoms with Crippen LogP contribution in [0.2, 0.25) is 0 Å². The Balaban J connectivity index is 1.63. The van der Waals surface area contributed by atoms with Gasteiger partial charge in [0.2, 0.25) is 0 Å². The van der Waals surface area contributed by atoms with E-state index in [-0.39, 0.29) is 11.9 Å². The van der Waals surface area contributed by atoms with Crippen LogP contribution in [0.15, 0.2) is 48.5 Å². The standard InChI is InChI=1S/C22H26N2O/c1-23-13-14-24(21(16-23)18-8-3-2-4-9-18)22(25)20-12-11-17-7-5-6-10-19(17)15-20/h2-4,8-9,11-12,15,21H,5-7,10,13-14,16H2,1H3/t21-/m1/s1. The van der Waals surface area contributed by atoms with Gasteiger partial charge in [-0.05, 0) is 61.6 Å². The van der Waals surface area contributed by atoms with Gasteiger partial charge in [0.25, 0.3) is 5.91 Å². The summed E-state index contributed by atoms with van der Waals surface area (Å²) in [6.45, 7) is 2.60. The first-order valence-electron chi connectivity index (χ1n) is 9.38. The number of carbonyl (C=O) groups excluding carboxylic acids is 1. The zero-order valence-corrected chi connectivity index (χ0v) is 14.9. The van der Waals surface area contributed by atoms with Gasteiger partial charge in [-0.3, -0.25) is 4.79 Å². The molecule has 0 spiro atoms. The molecule has 0 radical (unpaired) electrons. The van der Waals surface area contributed by atoms with Gasteiger partial charge in [-0.1, -0.05) is 36.4 Å². The zero-order valence-electron chi connectivity index (χ0n) is 14.9. The average molecular weight is 334 g/mol. The number of rotatable bonds is 2. The molecule has 2 aliphatic rings. The van der Waals surface area contributed by atoms with Crippen LogP contribution in [0.3, 0.4) is 0 Å². The van der Waals surface area contributed by atoms with Gasteiger partial charge in [0.1, 0.15) is 0 Å². The molecule has 0 unspecified atom stereocenters. The Labute approximate surface area is 150 Å². The lowest BCUT2D eigenvalue weighted by molar-refractivity contribution is 0.0498. The SMILES string of the molecule is CN1CCN(C(=O)c2ccc3c(c2)CCCC3)[C@@H](c2ccccc2)C1. The Morgan fingerprint density at radius 3 is 2.52 bits per heavy atom. The molecule has 25 heavy (non-hydrogen) atoms. The lowest BCUT2D eigenvalue weighted by Crippen LogP contribution is -2.49. The summed E-state index contributed by atoms with van der Waals surface area (Å²) in [6.07, 6.45) is 4.78. The van der Waals surface area contributed by atoms with Crippen LogP contribution in [0.1, 0.15) is 45.9 Å². The Morgan fingerprint density at radius 1 is 0.960 bits per heavy atom. The molecule has 1 heterocycles. The minimum atomic E-state index is 0.128. The predicted octanol–water partition coefficient (Wildman–Crippen LogP) is 3.69. The third-order valence-electron chi connectivity index (χ3n) is 5.62. The zero-order chi connectivity index (χ0) is 17.2. The maximum Gasteiger partial charge on any atom is 0.254 e. The number of hydrogen-bond acceptors (Lipinski definition) is 2. The lowest BCUT2D eigenvalue weighted by Gasteiger charge is -2.40. The summed E-state index contributed by atoms with van der Waals surface area (Å²) in [4.78, 5) is 17.7. The third kappa shape index (κ3) is 3.34. The van der Waals surface area contributed by atoms with Crippen LogP contribution < -0.4 is 0 Å². The molecule has 3 nitrogen and oxygen atoms in total. The molecule has 1 atom stereocenters. The van der Waals surface area contributed by atoms with Gasteiger partial charge in [-0.25, -0.2) is 0 Å². The molecule has 2 aromatic carbocycles. The van der Waals surface area contributed by atoms with E-state index in [1.54, 1.807) is 0 Å². The van der Waals surface area contributed by atoms with Crippen molar-refractivity contribution in [1.82, 2.24) is 9.80 Å². The van der Waals surface area contributed by atoms with Crippen molar-refractivity contribution in [2.75, 3.05) is 26.7 Å². The minimum Gasteiger partial charge on any atom is -0.329 e. The number of benzene rings is 2. The summed E-state index contributed by atoms with van der Waals surface area (Å²) < 4.78 is 0. The van der Waals surface area contributed by atoms with Crippen LogP contribution >= 0.6 is 0 Å². The second-order valence-corrected chi connectivity index (χ2v) is 7.38. The lowest BCUT2D eigenvalue weighted by atomic mass is 9.90. The number of aryl methyl sites for hydroxylation is 2. The van der Waals surface area contributed by atoms with Gasteiger partial charge in [0.05, 0.1) is 6.04 Å². The van der Waals surface area contributed by atoms with E-state index in [0.717, 1.165) is 38.0 Å². The number of fused-ring (bicyclic) bond motifs is 1. The summed E-state index contributed by atoms with van der Waals surface area (Å²) in [7, 11) is 2.14. The van der Waals surface area contributed by atoms with Crippen molar-refractivity contribution >= 4 is 5.91 Å². The molecule has 0 N–H and O–H groups in total. The predicted molar refractivity (Wildman–Crippen MR) is 101 cm³/mol. The number of nitrogens with zero attached hydrogens (tertiary/aromatic N) is 2. The topological polar surface area (TPSA) is 23.6 Å². The average Bonchev–Trinajstić information content (AvgIpc) is 2.67. The van der Waals surface area contributed by atoms with Gasteiger partial charge in [0, 0.05) is 25.2 Å². The first-order valence-corrected chi connectivity index (χ1v) is 9.38. The Hall–Kier alpha value is -2.13. The molecule has 4 rings (SSSR count). The first-order chi connectivity index (χ1) is 12.2. The fourth-order valence-corrected chi connectivity index (χ4v) is 4.16. The van der Waals surface area contributed by atoms with E-state index >= 15 is 0 Å². The number of likely N-dealkylation sites (N-methyl/N-ethyl adjacent to an activating group) is 1. The van der Waals surface area contributed by atoms with Gasteiger partial charge >= 0.3 is 0 Å². The smallest absolute Gasteiger partial charge is 0.254 e. The monoisotopic (exact) mass is 334 g/mol. The largest absolute Gasteiger partial charge is 0.329 e. The van der Waals surface area contributed by atoms with E-state index in [9.17, 15) is 4.79 Å². The number of piperazine rings is 1.